The molecule has 0 heterocycles. The van der Waals surface area contributed by atoms with Crippen molar-refractivity contribution in [2.75, 3.05) is 0 Å². The Morgan fingerprint density at radius 2 is 2.10 bits per heavy atom. The molecule has 2 unspecified atom stereocenters. The van der Waals surface area contributed by atoms with Gasteiger partial charge in [-0.1, -0.05) is 22.0 Å². The highest BCUT2D eigenvalue weighted by atomic mass is 79.9. The molecule has 0 saturated heterocycles. The Bertz CT molecular complexity index is 635. The molecule has 1 spiro atoms. The molecular formula is C16H15BrO3. The summed E-state index contributed by atoms with van der Waals surface area (Å²) >= 11 is 3.39. The maximum Gasteiger partial charge on any atom is 0.169 e. The van der Waals surface area contributed by atoms with Gasteiger partial charge in [-0.25, -0.2) is 0 Å². The predicted octanol–water partition coefficient (Wildman–Crippen LogP) is 3.13. The van der Waals surface area contributed by atoms with Crippen LogP contribution in [0.5, 0.6) is 0 Å². The van der Waals surface area contributed by atoms with Gasteiger partial charge in [0.25, 0.3) is 0 Å². The monoisotopic (exact) mass is 334 g/mol. The summed E-state index contributed by atoms with van der Waals surface area (Å²) in [5.74, 6) is -0.606. The van der Waals surface area contributed by atoms with Gasteiger partial charge in [0.15, 0.2) is 5.78 Å². The van der Waals surface area contributed by atoms with Crippen molar-refractivity contribution in [2.24, 2.45) is 11.3 Å². The first-order valence-electron chi connectivity index (χ1n) is 6.79. The van der Waals surface area contributed by atoms with Gasteiger partial charge >= 0.3 is 0 Å². The van der Waals surface area contributed by atoms with E-state index in [1.54, 1.807) is 0 Å². The topological polar surface area (TPSA) is 51.2 Å². The molecule has 2 atom stereocenters. The summed E-state index contributed by atoms with van der Waals surface area (Å²) in [4.78, 5) is 36.3. The second-order valence-electron chi connectivity index (χ2n) is 5.92. The van der Waals surface area contributed by atoms with E-state index in [0.29, 0.717) is 25.7 Å². The van der Waals surface area contributed by atoms with Gasteiger partial charge in [-0.3, -0.25) is 14.4 Å². The van der Waals surface area contributed by atoms with E-state index in [9.17, 15) is 14.4 Å². The van der Waals surface area contributed by atoms with Gasteiger partial charge in [-0.05, 0) is 43.9 Å². The summed E-state index contributed by atoms with van der Waals surface area (Å²) in [5.41, 5.74) is 1.25. The maximum absolute atomic E-state index is 12.8. The van der Waals surface area contributed by atoms with Gasteiger partial charge in [-0.2, -0.15) is 0 Å². The van der Waals surface area contributed by atoms with Crippen LogP contribution < -0.4 is 0 Å². The third-order valence-corrected chi connectivity index (χ3v) is 5.14. The maximum atomic E-state index is 12.8. The summed E-state index contributed by atoms with van der Waals surface area (Å²) in [7, 11) is 0. The van der Waals surface area contributed by atoms with Gasteiger partial charge in [-0.15, -0.1) is 0 Å². The Labute approximate surface area is 125 Å². The highest BCUT2D eigenvalue weighted by Gasteiger charge is 2.50. The first kappa shape index (κ1) is 13.7. The van der Waals surface area contributed by atoms with Crippen molar-refractivity contribution in [2.45, 2.75) is 32.6 Å². The van der Waals surface area contributed by atoms with Crippen LogP contribution in [0.25, 0.3) is 0 Å². The average Bonchev–Trinajstić information content (AvgIpc) is 2.66. The molecule has 104 valence electrons. The summed E-state index contributed by atoms with van der Waals surface area (Å²) < 4.78 is 0.886. The Balaban J connectivity index is 1.98. The van der Waals surface area contributed by atoms with Crippen LogP contribution in [-0.2, 0) is 16.0 Å². The molecular weight excluding hydrogens is 320 g/mol. The second kappa shape index (κ2) is 4.62. The van der Waals surface area contributed by atoms with Gasteiger partial charge < -0.3 is 0 Å². The lowest BCUT2D eigenvalue weighted by atomic mass is 9.66. The lowest BCUT2D eigenvalue weighted by Crippen LogP contribution is -2.40. The van der Waals surface area contributed by atoms with E-state index < -0.39 is 11.3 Å². The van der Waals surface area contributed by atoms with Crippen molar-refractivity contribution < 1.29 is 14.4 Å². The third kappa shape index (κ3) is 1.97. The highest BCUT2D eigenvalue weighted by molar-refractivity contribution is 9.10. The number of hydrogen-bond acceptors (Lipinski definition) is 3. The van der Waals surface area contributed by atoms with Crippen molar-refractivity contribution in [3.63, 3.8) is 0 Å². The molecule has 1 aromatic carbocycles. The minimum atomic E-state index is -0.592. The first-order valence-corrected chi connectivity index (χ1v) is 7.59. The molecule has 3 rings (SSSR count). The van der Waals surface area contributed by atoms with Crippen molar-refractivity contribution in [3.05, 3.63) is 33.8 Å². The van der Waals surface area contributed by atoms with Crippen LogP contribution in [0.15, 0.2) is 22.7 Å². The largest absolute Gasteiger partial charge is 0.299 e. The lowest BCUT2D eigenvalue weighted by molar-refractivity contribution is -0.135. The lowest BCUT2D eigenvalue weighted by Gasteiger charge is -2.34. The van der Waals surface area contributed by atoms with Crippen LogP contribution in [0.3, 0.4) is 0 Å². The van der Waals surface area contributed by atoms with E-state index in [4.69, 9.17) is 0 Å². The van der Waals surface area contributed by atoms with E-state index in [-0.39, 0.29) is 17.3 Å². The molecule has 2 aliphatic rings. The zero-order chi connectivity index (χ0) is 14.5. The highest BCUT2D eigenvalue weighted by Crippen LogP contribution is 2.48. The molecule has 1 saturated carbocycles. The van der Waals surface area contributed by atoms with Crippen molar-refractivity contribution in [3.8, 4) is 0 Å². The minimum Gasteiger partial charge on any atom is -0.299 e. The van der Waals surface area contributed by atoms with Crippen LogP contribution in [0, 0.1) is 11.3 Å². The summed E-state index contributed by atoms with van der Waals surface area (Å²) in [6.45, 7) is 1.45. The molecule has 2 aliphatic carbocycles. The SMILES string of the molecule is CC(=O)C1CC2(CCC1=O)Cc1ccc(Br)cc1C2=O. The van der Waals surface area contributed by atoms with Crippen LogP contribution in [-0.4, -0.2) is 17.3 Å². The van der Waals surface area contributed by atoms with Crippen LogP contribution in [0.4, 0.5) is 0 Å². The van der Waals surface area contributed by atoms with E-state index in [0.717, 1.165) is 15.6 Å². The zero-order valence-electron chi connectivity index (χ0n) is 11.2. The zero-order valence-corrected chi connectivity index (χ0v) is 12.8. The smallest absolute Gasteiger partial charge is 0.169 e. The second-order valence-corrected chi connectivity index (χ2v) is 6.84. The molecule has 1 fully saturated rings. The number of Topliss-reactive ketones (excluding diaryl/α,β-unsaturated/α-hetero) is 3. The number of rotatable bonds is 1. The van der Waals surface area contributed by atoms with Crippen LogP contribution in [0.2, 0.25) is 0 Å². The molecule has 0 amide bonds. The molecule has 1 aromatic rings. The number of carbonyl (C=O) groups excluding carboxylic acids is 3. The van der Waals surface area contributed by atoms with Gasteiger partial charge in [0.2, 0.25) is 0 Å². The molecule has 3 nitrogen and oxygen atoms in total. The Morgan fingerprint density at radius 3 is 2.80 bits per heavy atom. The van der Waals surface area contributed by atoms with E-state index in [1.165, 1.54) is 6.92 Å². The van der Waals surface area contributed by atoms with E-state index in [1.807, 2.05) is 18.2 Å². The normalized spacial score (nSPS) is 28.8. The average molecular weight is 335 g/mol. The molecule has 0 bridgehead atoms. The Hall–Kier alpha value is -1.29. The molecule has 0 aromatic heterocycles. The quantitative estimate of drug-likeness (QED) is 0.741. The number of ketones is 3. The van der Waals surface area contributed by atoms with Gasteiger partial charge in [0.1, 0.15) is 11.6 Å². The number of carbonyl (C=O) groups is 3. The number of benzene rings is 1. The number of fused-ring (bicyclic) bond motifs is 1. The molecule has 0 N–H and O–H groups in total. The third-order valence-electron chi connectivity index (χ3n) is 4.65. The fraction of sp³-hybridized carbons (Fsp3) is 0.438. The van der Waals surface area contributed by atoms with Crippen molar-refractivity contribution in [1.29, 1.82) is 0 Å². The first-order chi connectivity index (χ1) is 9.43. The number of halogens is 1. The summed E-state index contributed by atoms with van der Waals surface area (Å²) in [6.07, 6.45) is 1.95. The molecule has 0 aliphatic heterocycles. The van der Waals surface area contributed by atoms with Gasteiger partial charge in [0.05, 0.1) is 5.92 Å². The Morgan fingerprint density at radius 1 is 1.35 bits per heavy atom. The standard InChI is InChI=1S/C16H15BrO3/c1-9(18)13-8-16(5-4-14(13)19)7-10-2-3-11(17)6-12(10)15(16)20/h2-3,6,13H,4-5,7-8H2,1H3. The van der Waals surface area contributed by atoms with E-state index >= 15 is 0 Å². The van der Waals surface area contributed by atoms with Gasteiger partial charge in [0, 0.05) is 21.9 Å². The van der Waals surface area contributed by atoms with Crippen LogP contribution in [0.1, 0.15) is 42.1 Å². The molecule has 4 heteroatoms. The fourth-order valence-electron chi connectivity index (χ4n) is 3.53. The van der Waals surface area contributed by atoms with Crippen LogP contribution >= 0.6 is 15.9 Å². The van der Waals surface area contributed by atoms with E-state index in [2.05, 4.69) is 15.9 Å². The fourth-order valence-corrected chi connectivity index (χ4v) is 3.89. The van der Waals surface area contributed by atoms with Crippen molar-refractivity contribution >= 4 is 33.3 Å². The Kier molecular flexibility index (Phi) is 3.16. The molecule has 20 heavy (non-hydrogen) atoms. The molecule has 0 radical (unpaired) electrons. The van der Waals surface area contributed by atoms with Crippen molar-refractivity contribution in [1.82, 2.24) is 0 Å². The predicted molar refractivity (Wildman–Crippen MR) is 77.6 cm³/mol. The summed E-state index contributed by atoms with van der Waals surface area (Å²) in [5, 5.41) is 0. The summed E-state index contributed by atoms with van der Waals surface area (Å²) in [6, 6.07) is 5.75. The minimum absolute atomic E-state index is 0.00642. The number of hydrogen-bond donors (Lipinski definition) is 0.